The summed E-state index contributed by atoms with van der Waals surface area (Å²) in [6.45, 7) is 7.21. The summed E-state index contributed by atoms with van der Waals surface area (Å²) in [6, 6.07) is 6.53. The minimum Gasteiger partial charge on any atom is -0.326 e. The van der Waals surface area contributed by atoms with E-state index in [1.165, 1.54) is 11.3 Å². The fraction of sp³-hybridized carbons (Fsp3) is 0.421. The number of rotatable bonds is 4. The molecule has 1 aliphatic heterocycles. The minimum absolute atomic E-state index is 0.269. The van der Waals surface area contributed by atoms with Crippen LogP contribution in [0.1, 0.15) is 36.3 Å². The van der Waals surface area contributed by atoms with Crippen LogP contribution in [0.15, 0.2) is 36.8 Å². The van der Waals surface area contributed by atoms with E-state index in [1.807, 2.05) is 24.7 Å². The van der Waals surface area contributed by atoms with Gasteiger partial charge in [-0.1, -0.05) is 6.07 Å². The normalized spacial score (nSPS) is 15.6. The highest BCUT2D eigenvalue weighted by molar-refractivity contribution is 5.50. The molecule has 25 heavy (non-hydrogen) atoms. The summed E-state index contributed by atoms with van der Waals surface area (Å²) in [6.07, 6.45) is 7.76. The van der Waals surface area contributed by atoms with Crippen LogP contribution in [0.3, 0.4) is 0 Å². The first-order valence-corrected chi connectivity index (χ1v) is 8.93. The van der Waals surface area contributed by atoms with Crippen LogP contribution >= 0.6 is 0 Å². The Morgan fingerprint density at radius 1 is 1.28 bits per heavy atom. The Bertz CT molecular complexity index is 839. The Morgan fingerprint density at radius 2 is 2.20 bits per heavy atom. The second-order valence-electron chi connectivity index (χ2n) is 6.75. The van der Waals surface area contributed by atoms with Gasteiger partial charge in [-0.15, -0.1) is 0 Å². The SMILES string of the molecule is Cc1cccnc1C[C@@H](C)n1ccnc1-c1cc2n(n1)CCCNC2. The molecule has 3 aromatic rings. The molecule has 0 radical (unpaired) electrons. The topological polar surface area (TPSA) is 60.6 Å². The third-order valence-corrected chi connectivity index (χ3v) is 4.87. The van der Waals surface area contributed by atoms with E-state index >= 15 is 0 Å². The molecule has 1 N–H and O–H groups in total. The van der Waals surface area contributed by atoms with Crippen LogP contribution in [0.25, 0.3) is 11.5 Å². The third-order valence-electron chi connectivity index (χ3n) is 4.87. The quantitative estimate of drug-likeness (QED) is 0.796. The smallest absolute Gasteiger partial charge is 0.160 e. The van der Waals surface area contributed by atoms with Gasteiger partial charge in [-0.2, -0.15) is 5.10 Å². The largest absolute Gasteiger partial charge is 0.326 e. The highest BCUT2D eigenvalue weighted by Crippen LogP contribution is 2.24. The third kappa shape index (κ3) is 3.22. The van der Waals surface area contributed by atoms with Crippen molar-refractivity contribution in [2.75, 3.05) is 6.54 Å². The van der Waals surface area contributed by atoms with Gasteiger partial charge in [0, 0.05) is 49.8 Å². The van der Waals surface area contributed by atoms with Gasteiger partial charge < -0.3 is 9.88 Å². The molecule has 0 aliphatic carbocycles. The van der Waals surface area contributed by atoms with Crippen LogP contribution in [-0.4, -0.2) is 30.9 Å². The van der Waals surface area contributed by atoms with Crippen molar-refractivity contribution >= 4 is 0 Å². The molecule has 0 saturated heterocycles. The zero-order valence-electron chi connectivity index (χ0n) is 14.8. The molecule has 4 rings (SSSR count). The van der Waals surface area contributed by atoms with Crippen LogP contribution < -0.4 is 5.32 Å². The van der Waals surface area contributed by atoms with Crippen LogP contribution in [-0.2, 0) is 19.5 Å². The number of pyridine rings is 1. The summed E-state index contributed by atoms with van der Waals surface area (Å²) in [7, 11) is 0. The molecule has 4 heterocycles. The molecule has 0 aromatic carbocycles. The zero-order chi connectivity index (χ0) is 17.2. The van der Waals surface area contributed by atoms with E-state index in [0.29, 0.717) is 0 Å². The summed E-state index contributed by atoms with van der Waals surface area (Å²) in [5.41, 5.74) is 4.55. The molecule has 6 nitrogen and oxygen atoms in total. The van der Waals surface area contributed by atoms with E-state index in [4.69, 9.17) is 5.10 Å². The second-order valence-corrected chi connectivity index (χ2v) is 6.75. The number of aromatic nitrogens is 5. The van der Waals surface area contributed by atoms with Crippen molar-refractivity contribution < 1.29 is 0 Å². The van der Waals surface area contributed by atoms with Crippen LogP contribution in [0.4, 0.5) is 0 Å². The van der Waals surface area contributed by atoms with Gasteiger partial charge in [-0.05, 0) is 44.5 Å². The van der Waals surface area contributed by atoms with Gasteiger partial charge >= 0.3 is 0 Å². The van der Waals surface area contributed by atoms with Crippen molar-refractivity contribution in [3.8, 4) is 11.5 Å². The maximum absolute atomic E-state index is 4.80. The summed E-state index contributed by atoms with van der Waals surface area (Å²) < 4.78 is 4.33. The van der Waals surface area contributed by atoms with Gasteiger partial charge in [-0.3, -0.25) is 9.67 Å². The predicted molar refractivity (Wildman–Crippen MR) is 97.2 cm³/mol. The molecular formula is C19H24N6. The number of nitrogens with one attached hydrogen (secondary N) is 1. The lowest BCUT2D eigenvalue weighted by atomic mass is 10.1. The van der Waals surface area contributed by atoms with E-state index in [-0.39, 0.29) is 6.04 Å². The molecule has 0 unspecified atom stereocenters. The number of fused-ring (bicyclic) bond motifs is 1. The average Bonchev–Trinajstić information content (AvgIpc) is 3.19. The molecule has 0 saturated carbocycles. The second kappa shape index (κ2) is 6.80. The van der Waals surface area contributed by atoms with E-state index in [2.05, 4.69) is 50.5 Å². The molecule has 1 aliphatic rings. The Kier molecular flexibility index (Phi) is 4.36. The maximum Gasteiger partial charge on any atom is 0.160 e. The highest BCUT2D eigenvalue weighted by atomic mass is 15.3. The average molecular weight is 336 g/mol. The van der Waals surface area contributed by atoms with Gasteiger partial charge in [0.1, 0.15) is 5.69 Å². The van der Waals surface area contributed by atoms with E-state index in [0.717, 1.165) is 49.7 Å². The number of imidazole rings is 1. The Morgan fingerprint density at radius 3 is 3.08 bits per heavy atom. The van der Waals surface area contributed by atoms with Crippen LogP contribution in [0.2, 0.25) is 0 Å². The van der Waals surface area contributed by atoms with Crippen LogP contribution in [0, 0.1) is 6.92 Å². The molecule has 6 heteroatoms. The molecule has 0 bridgehead atoms. The lowest BCUT2D eigenvalue weighted by molar-refractivity contribution is 0.539. The van der Waals surface area contributed by atoms with Gasteiger partial charge in [-0.25, -0.2) is 4.98 Å². The van der Waals surface area contributed by atoms with Crippen molar-refractivity contribution in [3.05, 3.63) is 53.7 Å². The Hall–Kier alpha value is -2.47. The number of aryl methyl sites for hydroxylation is 2. The standard InChI is InChI=1S/C19H24N6/c1-14-5-3-7-21-17(14)11-15(2)24-10-8-22-19(24)18-12-16-13-20-6-4-9-25(16)23-18/h3,5,7-8,10,12,15,20H,4,6,9,11,13H2,1-2H3/t15-/m1/s1. The minimum atomic E-state index is 0.269. The van der Waals surface area contributed by atoms with Gasteiger partial charge in [0.05, 0.1) is 5.69 Å². The highest BCUT2D eigenvalue weighted by Gasteiger charge is 2.18. The van der Waals surface area contributed by atoms with E-state index in [1.54, 1.807) is 0 Å². The first kappa shape index (κ1) is 16.0. The summed E-state index contributed by atoms with van der Waals surface area (Å²) in [5.74, 6) is 0.932. The van der Waals surface area contributed by atoms with Crippen molar-refractivity contribution in [1.82, 2.24) is 29.6 Å². The predicted octanol–water partition coefficient (Wildman–Crippen LogP) is 2.75. The van der Waals surface area contributed by atoms with E-state index in [9.17, 15) is 0 Å². The fourth-order valence-corrected chi connectivity index (χ4v) is 3.45. The van der Waals surface area contributed by atoms with Crippen molar-refractivity contribution in [1.29, 1.82) is 0 Å². The maximum atomic E-state index is 4.80. The van der Waals surface area contributed by atoms with Crippen molar-refractivity contribution in [2.45, 2.75) is 45.8 Å². The number of hydrogen-bond donors (Lipinski definition) is 1. The van der Waals surface area contributed by atoms with Crippen molar-refractivity contribution in [3.63, 3.8) is 0 Å². The molecule has 0 amide bonds. The first-order chi connectivity index (χ1) is 12.2. The monoisotopic (exact) mass is 336 g/mol. The lowest BCUT2D eigenvalue weighted by Gasteiger charge is -2.16. The molecule has 0 spiro atoms. The van der Waals surface area contributed by atoms with E-state index < -0.39 is 0 Å². The molecule has 0 fully saturated rings. The molecule has 130 valence electrons. The van der Waals surface area contributed by atoms with Gasteiger partial charge in [0.25, 0.3) is 0 Å². The molecule has 1 atom stereocenters. The lowest BCUT2D eigenvalue weighted by Crippen LogP contribution is -2.12. The zero-order valence-corrected chi connectivity index (χ0v) is 14.8. The summed E-state index contributed by atoms with van der Waals surface area (Å²) >= 11 is 0. The number of hydrogen-bond acceptors (Lipinski definition) is 4. The fourth-order valence-electron chi connectivity index (χ4n) is 3.45. The molecule has 3 aromatic heterocycles. The number of nitrogens with zero attached hydrogens (tertiary/aromatic N) is 5. The van der Waals surface area contributed by atoms with Gasteiger partial charge in [0.2, 0.25) is 0 Å². The Balaban J connectivity index is 1.61. The Labute approximate surface area is 147 Å². The molecular weight excluding hydrogens is 312 g/mol. The first-order valence-electron chi connectivity index (χ1n) is 8.93. The summed E-state index contributed by atoms with van der Waals surface area (Å²) in [5, 5.41) is 8.24. The van der Waals surface area contributed by atoms with Crippen LogP contribution in [0.5, 0.6) is 0 Å². The summed E-state index contributed by atoms with van der Waals surface area (Å²) in [4.78, 5) is 9.12. The van der Waals surface area contributed by atoms with Gasteiger partial charge in [0.15, 0.2) is 5.82 Å². The van der Waals surface area contributed by atoms with Crippen molar-refractivity contribution in [2.24, 2.45) is 0 Å².